The third-order valence-corrected chi connectivity index (χ3v) is 5.34. The van der Waals surface area contributed by atoms with E-state index in [9.17, 15) is 9.59 Å². The van der Waals surface area contributed by atoms with Crippen LogP contribution in [0.5, 0.6) is 5.75 Å². The third kappa shape index (κ3) is 6.51. The number of nitrogens with zero attached hydrogens (tertiary/aromatic N) is 2. The van der Waals surface area contributed by atoms with Crippen LogP contribution in [0.15, 0.2) is 18.2 Å². The summed E-state index contributed by atoms with van der Waals surface area (Å²) in [5.41, 5.74) is 2.48. The molecule has 1 aromatic carbocycles. The fourth-order valence-electron chi connectivity index (χ4n) is 3.40. The molecule has 1 atom stereocenters. The molecule has 1 saturated heterocycles. The fourth-order valence-corrected chi connectivity index (χ4v) is 3.40. The number of piperazine rings is 1. The Hall–Kier alpha value is -2.08. The minimum atomic E-state index is -0.00528. The van der Waals surface area contributed by atoms with Crippen LogP contribution in [0.4, 0.5) is 0 Å². The van der Waals surface area contributed by atoms with Gasteiger partial charge in [0.15, 0.2) is 6.61 Å². The summed E-state index contributed by atoms with van der Waals surface area (Å²) in [5, 5.41) is 2.98. The standard InChI is InChI=1S/C22H35N3O3/c1-6-18(5)23-21(26)14-24-9-11-25(12-10-24)22(27)15-28-19-7-8-20(16(2)3)17(4)13-19/h7-8,13,16,18H,6,9-12,14-15H2,1-5H3,(H,23,26). The van der Waals surface area contributed by atoms with Crippen LogP contribution in [0, 0.1) is 6.92 Å². The van der Waals surface area contributed by atoms with Gasteiger partial charge in [-0.25, -0.2) is 0 Å². The van der Waals surface area contributed by atoms with Crippen molar-refractivity contribution >= 4 is 11.8 Å². The van der Waals surface area contributed by atoms with Gasteiger partial charge < -0.3 is 15.0 Å². The second-order valence-electron chi connectivity index (χ2n) is 8.00. The third-order valence-electron chi connectivity index (χ3n) is 5.34. The number of benzene rings is 1. The van der Waals surface area contributed by atoms with Crippen molar-refractivity contribution in [3.8, 4) is 5.75 Å². The molecule has 0 bridgehead atoms. The summed E-state index contributed by atoms with van der Waals surface area (Å²) in [4.78, 5) is 28.4. The van der Waals surface area contributed by atoms with Gasteiger partial charge in [-0.15, -0.1) is 0 Å². The van der Waals surface area contributed by atoms with Gasteiger partial charge in [0.25, 0.3) is 5.91 Å². The SMILES string of the molecule is CCC(C)NC(=O)CN1CCN(C(=O)COc2ccc(C(C)C)c(C)c2)CC1. The molecule has 0 spiro atoms. The molecular weight excluding hydrogens is 354 g/mol. The molecule has 0 saturated carbocycles. The summed E-state index contributed by atoms with van der Waals surface area (Å²) in [6, 6.07) is 6.20. The van der Waals surface area contributed by atoms with Gasteiger partial charge in [0.1, 0.15) is 5.75 Å². The van der Waals surface area contributed by atoms with E-state index in [0.29, 0.717) is 38.6 Å². The van der Waals surface area contributed by atoms with Crippen molar-refractivity contribution in [2.75, 3.05) is 39.3 Å². The number of carbonyl (C=O) groups excluding carboxylic acids is 2. The number of hydrogen-bond donors (Lipinski definition) is 1. The van der Waals surface area contributed by atoms with Gasteiger partial charge in [0, 0.05) is 32.2 Å². The average Bonchev–Trinajstić information content (AvgIpc) is 2.66. The summed E-state index contributed by atoms with van der Waals surface area (Å²) < 4.78 is 5.72. The first-order valence-corrected chi connectivity index (χ1v) is 10.3. The first-order chi connectivity index (χ1) is 13.3. The van der Waals surface area contributed by atoms with Crippen LogP contribution in [-0.2, 0) is 9.59 Å². The number of carbonyl (C=O) groups is 2. The molecule has 1 aliphatic rings. The van der Waals surface area contributed by atoms with Gasteiger partial charge in [-0.1, -0.05) is 26.8 Å². The Bertz CT molecular complexity index is 667. The van der Waals surface area contributed by atoms with E-state index in [-0.39, 0.29) is 24.5 Å². The summed E-state index contributed by atoms with van der Waals surface area (Å²) in [7, 11) is 0. The zero-order valence-corrected chi connectivity index (χ0v) is 18.0. The van der Waals surface area contributed by atoms with E-state index in [2.05, 4.69) is 44.0 Å². The highest BCUT2D eigenvalue weighted by atomic mass is 16.5. The Kier molecular flexibility index (Phi) is 8.30. The van der Waals surface area contributed by atoms with Crippen LogP contribution in [0.25, 0.3) is 0 Å². The molecule has 0 aromatic heterocycles. The zero-order valence-electron chi connectivity index (χ0n) is 18.0. The highest BCUT2D eigenvalue weighted by Crippen LogP contribution is 2.23. The Morgan fingerprint density at radius 2 is 1.82 bits per heavy atom. The van der Waals surface area contributed by atoms with Gasteiger partial charge in [-0.2, -0.15) is 0 Å². The van der Waals surface area contributed by atoms with Crippen molar-refractivity contribution in [3.05, 3.63) is 29.3 Å². The van der Waals surface area contributed by atoms with Crippen molar-refractivity contribution < 1.29 is 14.3 Å². The smallest absolute Gasteiger partial charge is 0.260 e. The molecule has 6 nitrogen and oxygen atoms in total. The normalized spacial score (nSPS) is 16.1. The fraction of sp³-hybridized carbons (Fsp3) is 0.636. The van der Waals surface area contributed by atoms with Crippen LogP contribution in [0.3, 0.4) is 0 Å². The van der Waals surface area contributed by atoms with Gasteiger partial charge in [-0.05, 0) is 49.4 Å². The Morgan fingerprint density at radius 1 is 1.14 bits per heavy atom. The summed E-state index contributed by atoms with van der Waals surface area (Å²) in [6.07, 6.45) is 0.924. The van der Waals surface area contributed by atoms with Crippen LogP contribution in [0.2, 0.25) is 0 Å². The molecule has 1 heterocycles. The molecule has 1 aromatic rings. The van der Waals surface area contributed by atoms with Crippen LogP contribution < -0.4 is 10.1 Å². The zero-order chi connectivity index (χ0) is 20.7. The van der Waals surface area contributed by atoms with Crippen molar-refractivity contribution in [3.63, 3.8) is 0 Å². The second kappa shape index (κ2) is 10.5. The molecule has 1 unspecified atom stereocenters. The Morgan fingerprint density at radius 3 is 2.39 bits per heavy atom. The molecular formula is C22H35N3O3. The number of nitrogens with one attached hydrogen (secondary N) is 1. The minimum Gasteiger partial charge on any atom is -0.484 e. The van der Waals surface area contributed by atoms with E-state index in [1.807, 2.05) is 24.0 Å². The highest BCUT2D eigenvalue weighted by molar-refractivity contribution is 5.79. The van der Waals surface area contributed by atoms with Crippen LogP contribution in [0.1, 0.15) is 51.2 Å². The number of ether oxygens (including phenoxy) is 1. The number of aryl methyl sites for hydroxylation is 1. The molecule has 156 valence electrons. The molecule has 2 amide bonds. The maximum absolute atomic E-state index is 12.4. The number of hydrogen-bond acceptors (Lipinski definition) is 4. The lowest BCUT2D eigenvalue weighted by Crippen LogP contribution is -2.52. The lowest BCUT2D eigenvalue weighted by Gasteiger charge is -2.34. The second-order valence-corrected chi connectivity index (χ2v) is 8.00. The maximum atomic E-state index is 12.4. The Balaban J connectivity index is 1.75. The van der Waals surface area contributed by atoms with Gasteiger partial charge >= 0.3 is 0 Å². The van der Waals surface area contributed by atoms with Crippen molar-refractivity contribution in [2.24, 2.45) is 0 Å². The molecule has 0 aliphatic carbocycles. The average molecular weight is 390 g/mol. The van der Waals surface area contributed by atoms with Crippen molar-refractivity contribution in [1.29, 1.82) is 0 Å². The predicted molar refractivity (Wildman–Crippen MR) is 112 cm³/mol. The summed E-state index contributed by atoms with van der Waals surface area (Å²) in [5.74, 6) is 1.25. The van der Waals surface area contributed by atoms with E-state index in [0.717, 1.165) is 12.2 Å². The van der Waals surface area contributed by atoms with E-state index < -0.39 is 0 Å². The first kappa shape index (κ1) is 22.2. The van der Waals surface area contributed by atoms with Gasteiger partial charge in [-0.3, -0.25) is 14.5 Å². The molecule has 1 aliphatic heterocycles. The summed E-state index contributed by atoms with van der Waals surface area (Å²) >= 11 is 0. The van der Waals surface area contributed by atoms with Gasteiger partial charge in [0.05, 0.1) is 6.54 Å². The van der Waals surface area contributed by atoms with Crippen molar-refractivity contribution in [1.82, 2.24) is 15.1 Å². The van der Waals surface area contributed by atoms with Crippen LogP contribution in [-0.4, -0.2) is 67.0 Å². The highest BCUT2D eigenvalue weighted by Gasteiger charge is 2.23. The van der Waals surface area contributed by atoms with E-state index in [1.165, 1.54) is 11.1 Å². The number of rotatable bonds is 8. The topological polar surface area (TPSA) is 61.9 Å². The van der Waals surface area contributed by atoms with E-state index >= 15 is 0 Å². The molecule has 28 heavy (non-hydrogen) atoms. The lowest BCUT2D eigenvalue weighted by atomic mass is 9.98. The van der Waals surface area contributed by atoms with E-state index in [1.54, 1.807) is 0 Å². The largest absolute Gasteiger partial charge is 0.484 e. The quantitative estimate of drug-likeness (QED) is 0.742. The summed E-state index contributed by atoms with van der Waals surface area (Å²) in [6.45, 7) is 13.6. The van der Waals surface area contributed by atoms with E-state index in [4.69, 9.17) is 4.74 Å². The maximum Gasteiger partial charge on any atom is 0.260 e. The number of amides is 2. The predicted octanol–water partition coefficient (Wildman–Crippen LogP) is 2.56. The van der Waals surface area contributed by atoms with Crippen LogP contribution >= 0.6 is 0 Å². The Labute approximate surface area is 169 Å². The molecule has 2 rings (SSSR count). The monoisotopic (exact) mass is 389 g/mol. The molecule has 6 heteroatoms. The first-order valence-electron chi connectivity index (χ1n) is 10.3. The molecule has 1 fully saturated rings. The molecule has 0 radical (unpaired) electrons. The minimum absolute atomic E-state index is 0.00528. The van der Waals surface area contributed by atoms with Gasteiger partial charge in [0.2, 0.25) is 5.91 Å². The lowest BCUT2D eigenvalue weighted by molar-refractivity contribution is -0.135. The van der Waals surface area contributed by atoms with Crippen molar-refractivity contribution in [2.45, 2.75) is 53.0 Å². The molecule has 1 N–H and O–H groups in total.